The Morgan fingerprint density at radius 3 is 2.43 bits per heavy atom. The zero-order chi connectivity index (χ0) is 5.70. The van der Waals surface area contributed by atoms with Crippen LogP contribution in [0.3, 0.4) is 0 Å². The monoisotopic (exact) mass is 161 g/mol. The molecule has 0 aromatic rings. The van der Waals surface area contributed by atoms with Crippen molar-refractivity contribution >= 4 is 22.1 Å². The molecule has 7 heavy (non-hydrogen) atoms. The van der Waals surface area contributed by atoms with E-state index in [2.05, 4.69) is 20.9 Å². The fraction of sp³-hybridized carbons (Fsp3) is 0.400. The molecule has 0 bridgehead atoms. The number of hydrogen-bond acceptors (Lipinski definition) is 1. The van der Waals surface area contributed by atoms with E-state index in [4.69, 9.17) is 0 Å². The third-order valence-corrected chi connectivity index (χ3v) is 1.19. The van der Waals surface area contributed by atoms with Gasteiger partial charge in [0, 0.05) is 17.7 Å². The van der Waals surface area contributed by atoms with Gasteiger partial charge in [0.2, 0.25) is 0 Å². The van der Waals surface area contributed by atoms with Crippen molar-refractivity contribution in [2.24, 2.45) is 4.99 Å². The van der Waals surface area contributed by atoms with Gasteiger partial charge in [-0.2, -0.15) is 0 Å². The van der Waals surface area contributed by atoms with Crippen LogP contribution in [0.15, 0.2) is 15.6 Å². The van der Waals surface area contributed by atoms with Crippen molar-refractivity contribution in [3.8, 4) is 0 Å². The summed E-state index contributed by atoms with van der Waals surface area (Å²) in [6, 6.07) is 0. The largest absolute Gasteiger partial charge is 0.295 e. The molecule has 0 radical (unpaired) electrons. The molecule has 0 N–H and O–H groups in total. The van der Waals surface area contributed by atoms with Gasteiger partial charge in [-0.05, 0) is 22.9 Å². The maximum absolute atomic E-state index is 3.77. The van der Waals surface area contributed by atoms with E-state index in [1.54, 1.807) is 13.3 Å². The fourth-order valence-electron chi connectivity index (χ4n) is 0.198. The standard InChI is InChI=1S/C5H8BrN/c1-3-5(6)4-7-2/h3-4H,1-2H3. The van der Waals surface area contributed by atoms with E-state index < -0.39 is 0 Å². The Kier molecular flexibility index (Phi) is 4.00. The molecule has 0 rings (SSSR count). The predicted octanol–water partition coefficient (Wildman–Crippen LogP) is 1.99. The molecule has 0 saturated carbocycles. The second-order valence-electron chi connectivity index (χ2n) is 1.06. The first-order chi connectivity index (χ1) is 3.31. The van der Waals surface area contributed by atoms with E-state index in [-0.39, 0.29) is 0 Å². The predicted molar refractivity (Wildman–Crippen MR) is 37.1 cm³/mol. The van der Waals surface area contributed by atoms with E-state index in [1.165, 1.54) is 0 Å². The highest BCUT2D eigenvalue weighted by molar-refractivity contribution is 9.12. The maximum atomic E-state index is 3.77. The summed E-state index contributed by atoms with van der Waals surface area (Å²) >= 11 is 3.25. The molecule has 0 atom stereocenters. The lowest BCUT2D eigenvalue weighted by Crippen LogP contribution is -1.67. The molecule has 0 aliphatic carbocycles. The summed E-state index contributed by atoms with van der Waals surface area (Å²) < 4.78 is 1.02. The fourth-order valence-corrected chi connectivity index (χ4v) is 0.403. The van der Waals surface area contributed by atoms with Gasteiger partial charge in [-0.3, -0.25) is 4.99 Å². The van der Waals surface area contributed by atoms with Crippen LogP contribution in [-0.2, 0) is 0 Å². The third kappa shape index (κ3) is 3.73. The van der Waals surface area contributed by atoms with Crippen LogP contribution < -0.4 is 0 Å². The molecule has 0 aliphatic heterocycles. The Morgan fingerprint density at radius 1 is 1.71 bits per heavy atom. The highest BCUT2D eigenvalue weighted by Crippen LogP contribution is 1.97. The zero-order valence-electron chi connectivity index (χ0n) is 4.48. The summed E-state index contributed by atoms with van der Waals surface area (Å²) in [5.74, 6) is 0. The van der Waals surface area contributed by atoms with Crippen LogP contribution in [0.2, 0.25) is 0 Å². The number of aliphatic imine (C=N–C) groups is 1. The van der Waals surface area contributed by atoms with Gasteiger partial charge in [0.1, 0.15) is 0 Å². The van der Waals surface area contributed by atoms with Crippen LogP contribution in [0.1, 0.15) is 6.92 Å². The quantitative estimate of drug-likeness (QED) is 0.522. The highest BCUT2D eigenvalue weighted by atomic mass is 79.9. The minimum absolute atomic E-state index is 1.02. The summed E-state index contributed by atoms with van der Waals surface area (Å²) in [5.41, 5.74) is 0. The van der Waals surface area contributed by atoms with Crippen LogP contribution in [0, 0.1) is 0 Å². The minimum atomic E-state index is 1.02. The Hall–Kier alpha value is -0.110. The molecule has 0 aliphatic rings. The number of rotatable bonds is 1. The molecule has 0 saturated heterocycles. The van der Waals surface area contributed by atoms with Gasteiger partial charge < -0.3 is 0 Å². The van der Waals surface area contributed by atoms with Crippen molar-refractivity contribution in [3.63, 3.8) is 0 Å². The third-order valence-electron chi connectivity index (χ3n) is 0.528. The molecular weight excluding hydrogens is 154 g/mol. The van der Waals surface area contributed by atoms with Gasteiger partial charge in [0.05, 0.1) is 0 Å². The van der Waals surface area contributed by atoms with E-state index in [9.17, 15) is 0 Å². The number of hydrogen-bond donors (Lipinski definition) is 0. The lowest BCUT2D eigenvalue weighted by Gasteiger charge is -1.78. The van der Waals surface area contributed by atoms with E-state index >= 15 is 0 Å². The van der Waals surface area contributed by atoms with Crippen LogP contribution in [0.25, 0.3) is 0 Å². The van der Waals surface area contributed by atoms with Gasteiger partial charge in [-0.15, -0.1) is 0 Å². The lowest BCUT2D eigenvalue weighted by molar-refractivity contribution is 1.47. The molecule has 0 unspecified atom stereocenters. The molecule has 0 aromatic heterocycles. The molecule has 0 amide bonds. The van der Waals surface area contributed by atoms with Crippen LogP contribution in [0.4, 0.5) is 0 Å². The summed E-state index contributed by atoms with van der Waals surface area (Å²) in [6.07, 6.45) is 3.69. The molecule has 40 valence electrons. The lowest BCUT2D eigenvalue weighted by atomic mass is 10.6. The molecule has 0 fully saturated rings. The smallest absolute Gasteiger partial charge is 0.0347 e. The van der Waals surface area contributed by atoms with Gasteiger partial charge >= 0.3 is 0 Å². The summed E-state index contributed by atoms with van der Waals surface area (Å²) in [6.45, 7) is 1.95. The van der Waals surface area contributed by atoms with Gasteiger partial charge in [-0.25, -0.2) is 0 Å². The molecule has 0 aromatic carbocycles. The van der Waals surface area contributed by atoms with Gasteiger partial charge in [-0.1, -0.05) is 6.08 Å². The topological polar surface area (TPSA) is 12.4 Å². The zero-order valence-corrected chi connectivity index (χ0v) is 6.07. The number of allylic oxidation sites excluding steroid dienone is 2. The van der Waals surface area contributed by atoms with Crippen molar-refractivity contribution in [3.05, 3.63) is 10.6 Å². The molecular formula is C5H8BrN. The number of nitrogens with zero attached hydrogens (tertiary/aromatic N) is 1. The average molecular weight is 162 g/mol. The van der Waals surface area contributed by atoms with Crippen LogP contribution in [-0.4, -0.2) is 13.3 Å². The van der Waals surface area contributed by atoms with E-state index in [0.717, 1.165) is 4.48 Å². The molecule has 0 heterocycles. The first kappa shape index (κ1) is 6.89. The number of halogens is 1. The van der Waals surface area contributed by atoms with Crippen molar-refractivity contribution in [2.45, 2.75) is 6.92 Å². The second kappa shape index (κ2) is 4.06. The Bertz CT molecular complexity index is 94.3. The van der Waals surface area contributed by atoms with Crippen LogP contribution in [0.5, 0.6) is 0 Å². The first-order valence-corrected chi connectivity index (χ1v) is 2.84. The Balaban J connectivity index is 3.58. The summed E-state index contributed by atoms with van der Waals surface area (Å²) in [7, 11) is 1.74. The van der Waals surface area contributed by atoms with Gasteiger partial charge in [0.25, 0.3) is 0 Å². The van der Waals surface area contributed by atoms with E-state index in [0.29, 0.717) is 0 Å². The Morgan fingerprint density at radius 2 is 2.29 bits per heavy atom. The normalized spacial score (nSPS) is 13.3. The van der Waals surface area contributed by atoms with Crippen molar-refractivity contribution < 1.29 is 0 Å². The highest BCUT2D eigenvalue weighted by Gasteiger charge is 1.74. The maximum Gasteiger partial charge on any atom is 0.0347 e. The van der Waals surface area contributed by atoms with Gasteiger partial charge in [0.15, 0.2) is 0 Å². The van der Waals surface area contributed by atoms with Crippen molar-refractivity contribution in [1.29, 1.82) is 0 Å². The molecule has 0 spiro atoms. The van der Waals surface area contributed by atoms with E-state index in [1.807, 2.05) is 13.0 Å². The SMILES string of the molecule is CC=C(Br)C=NC. The summed E-state index contributed by atoms with van der Waals surface area (Å²) in [4.78, 5) is 3.77. The second-order valence-corrected chi connectivity index (χ2v) is 1.98. The first-order valence-electron chi connectivity index (χ1n) is 2.05. The average Bonchev–Trinajstić information content (AvgIpc) is 1.68. The minimum Gasteiger partial charge on any atom is -0.295 e. The molecule has 2 heteroatoms. The van der Waals surface area contributed by atoms with Crippen molar-refractivity contribution in [1.82, 2.24) is 0 Å². The summed E-state index contributed by atoms with van der Waals surface area (Å²) in [5, 5.41) is 0. The Labute approximate surface area is 52.3 Å². The van der Waals surface area contributed by atoms with Crippen LogP contribution >= 0.6 is 15.9 Å². The molecule has 1 nitrogen and oxygen atoms in total. The van der Waals surface area contributed by atoms with Crippen molar-refractivity contribution in [2.75, 3.05) is 7.05 Å².